The molecule has 9 nitrogen and oxygen atoms in total. The molecule has 1 N–H and O–H groups in total. The molecule has 4 aromatic rings. The van der Waals surface area contributed by atoms with Crippen molar-refractivity contribution in [3.05, 3.63) is 101 Å². The summed E-state index contributed by atoms with van der Waals surface area (Å²) in [5, 5.41) is 0.696. The van der Waals surface area contributed by atoms with Gasteiger partial charge >= 0.3 is 0 Å². The monoisotopic (exact) mass is 580 g/mol. The quantitative estimate of drug-likeness (QED) is 0.358. The molecule has 1 saturated heterocycles. The smallest absolute Gasteiger partial charge is 0.257 e. The minimum atomic E-state index is -3.91. The number of nitrogens with one attached hydrogen (secondary N) is 1. The highest BCUT2D eigenvalue weighted by Crippen LogP contribution is 2.25. The van der Waals surface area contributed by atoms with E-state index in [-0.39, 0.29) is 49.1 Å². The van der Waals surface area contributed by atoms with Gasteiger partial charge < -0.3 is 14.5 Å². The number of aromatic nitrogens is 1. The number of pyridine rings is 1. The molecule has 41 heavy (non-hydrogen) atoms. The van der Waals surface area contributed by atoms with Gasteiger partial charge in [-0.15, -0.1) is 0 Å². The lowest BCUT2D eigenvalue weighted by Crippen LogP contribution is -2.50. The van der Waals surface area contributed by atoms with Crippen LogP contribution in [0.1, 0.15) is 26.3 Å². The molecule has 0 unspecified atom stereocenters. The van der Waals surface area contributed by atoms with Crippen molar-refractivity contribution in [3.8, 4) is 5.75 Å². The van der Waals surface area contributed by atoms with Gasteiger partial charge in [0.05, 0.1) is 18.2 Å². The fourth-order valence-corrected chi connectivity index (χ4v) is 5.89. The number of methoxy groups -OCH3 is 1. The van der Waals surface area contributed by atoms with E-state index in [0.29, 0.717) is 27.8 Å². The lowest BCUT2D eigenvalue weighted by Gasteiger charge is -2.35. The summed E-state index contributed by atoms with van der Waals surface area (Å²) in [5.41, 5.74) is 0.853. The Morgan fingerprint density at radius 2 is 1.61 bits per heavy atom. The van der Waals surface area contributed by atoms with Crippen molar-refractivity contribution in [2.24, 2.45) is 0 Å². The lowest BCUT2D eigenvalue weighted by atomic mass is 10.1. The van der Waals surface area contributed by atoms with Gasteiger partial charge in [-0.2, -0.15) is 0 Å². The highest BCUT2D eigenvalue weighted by atomic mass is 32.2. The molecule has 0 spiro atoms. The van der Waals surface area contributed by atoms with Crippen LogP contribution < -0.4 is 9.46 Å². The molecule has 2 amide bonds. The van der Waals surface area contributed by atoms with Gasteiger partial charge in [0.2, 0.25) is 10.0 Å². The highest BCUT2D eigenvalue weighted by Gasteiger charge is 2.28. The normalized spacial score (nSPS) is 13.8. The summed E-state index contributed by atoms with van der Waals surface area (Å²) in [6.45, 7) is 0.622. The first kappa shape index (κ1) is 28.1. The molecule has 1 aliphatic rings. The molecule has 0 saturated carbocycles. The number of hydrogen-bond acceptors (Lipinski definition) is 6. The third kappa shape index (κ3) is 5.74. The molecule has 0 bridgehead atoms. The number of ether oxygens (including phenoxy) is 1. The summed E-state index contributed by atoms with van der Waals surface area (Å²) in [6.07, 6.45) is 1.53. The maximum absolute atomic E-state index is 14.1. The standard InChI is InChI=1S/C29H26F2N4O5S/c1-40-24-17-20(28(36)34-13-15-35(16-14-34)29(37)22-7-3-8-23(30)26(22)31)10-11-21(24)18-33-41(38,39)25-9-2-5-19-6-4-12-32-27(19)25/h2-12,17,33H,13-16,18H2,1H3. The summed E-state index contributed by atoms with van der Waals surface area (Å²) in [7, 11) is -2.49. The largest absolute Gasteiger partial charge is 0.496 e. The van der Waals surface area contributed by atoms with E-state index in [1.165, 1.54) is 42.5 Å². The van der Waals surface area contributed by atoms with Crippen LogP contribution >= 0.6 is 0 Å². The molecule has 1 fully saturated rings. The van der Waals surface area contributed by atoms with E-state index in [2.05, 4.69) is 9.71 Å². The average molecular weight is 581 g/mol. The summed E-state index contributed by atoms with van der Waals surface area (Å²) >= 11 is 0. The van der Waals surface area contributed by atoms with E-state index < -0.39 is 27.6 Å². The Labute approximate surface area is 235 Å². The first-order valence-electron chi connectivity index (χ1n) is 12.7. The Bertz CT molecular complexity index is 1740. The van der Waals surface area contributed by atoms with Crippen LogP contribution in [0.3, 0.4) is 0 Å². The summed E-state index contributed by atoms with van der Waals surface area (Å²) < 4.78 is 61.8. The van der Waals surface area contributed by atoms with Crippen LogP contribution in [0.5, 0.6) is 5.75 Å². The fourth-order valence-electron chi connectivity index (χ4n) is 4.70. The van der Waals surface area contributed by atoms with Crippen LogP contribution in [0.25, 0.3) is 10.9 Å². The van der Waals surface area contributed by atoms with Gasteiger partial charge in [-0.3, -0.25) is 14.6 Å². The second-order valence-electron chi connectivity index (χ2n) is 9.37. The number of carbonyl (C=O) groups excluding carboxylic acids is 2. The zero-order valence-electron chi connectivity index (χ0n) is 22.0. The van der Waals surface area contributed by atoms with Crippen molar-refractivity contribution in [1.82, 2.24) is 19.5 Å². The molecule has 0 aliphatic carbocycles. The van der Waals surface area contributed by atoms with Crippen molar-refractivity contribution in [2.75, 3.05) is 33.3 Å². The zero-order chi connectivity index (χ0) is 29.1. The van der Waals surface area contributed by atoms with E-state index in [4.69, 9.17) is 4.74 Å². The molecular formula is C29H26F2N4O5S. The lowest BCUT2D eigenvalue weighted by molar-refractivity contribution is 0.0532. The van der Waals surface area contributed by atoms with Crippen molar-refractivity contribution in [2.45, 2.75) is 11.4 Å². The topological polar surface area (TPSA) is 109 Å². The van der Waals surface area contributed by atoms with E-state index in [1.807, 2.05) is 0 Å². The van der Waals surface area contributed by atoms with Gasteiger partial charge in [-0.1, -0.05) is 30.3 Å². The zero-order valence-corrected chi connectivity index (χ0v) is 22.8. The fraction of sp³-hybridized carbons (Fsp3) is 0.207. The third-order valence-electron chi connectivity index (χ3n) is 6.91. The summed E-state index contributed by atoms with van der Waals surface area (Å²) in [6, 6.07) is 16.6. The van der Waals surface area contributed by atoms with Crippen LogP contribution in [-0.2, 0) is 16.6 Å². The number of amides is 2. The van der Waals surface area contributed by atoms with Crippen molar-refractivity contribution in [1.29, 1.82) is 0 Å². The Morgan fingerprint density at radius 1 is 0.927 bits per heavy atom. The SMILES string of the molecule is COc1cc(C(=O)N2CCN(C(=O)c3cccc(F)c3F)CC2)ccc1CNS(=O)(=O)c1cccc2cccnc12. The van der Waals surface area contributed by atoms with Crippen LogP contribution in [0.4, 0.5) is 8.78 Å². The molecular weight excluding hydrogens is 554 g/mol. The second kappa shape index (κ2) is 11.6. The summed E-state index contributed by atoms with van der Waals surface area (Å²) in [4.78, 5) is 33.1. The number of hydrogen-bond donors (Lipinski definition) is 1. The van der Waals surface area contributed by atoms with Gasteiger partial charge in [-0.25, -0.2) is 21.9 Å². The van der Waals surface area contributed by atoms with Crippen LogP contribution in [-0.4, -0.2) is 68.3 Å². The van der Waals surface area contributed by atoms with Crippen LogP contribution in [0, 0.1) is 11.6 Å². The Morgan fingerprint density at radius 3 is 2.34 bits per heavy atom. The van der Waals surface area contributed by atoms with Crippen molar-refractivity contribution < 1.29 is 31.5 Å². The number of piperazine rings is 1. The average Bonchev–Trinajstić information content (AvgIpc) is 3.00. The van der Waals surface area contributed by atoms with E-state index >= 15 is 0 Å². The van der Waals surface area contributed by atoms with Crippen molar-refractivity contribution in [3.63, 3.8) is 0 Å². The molecule has 12 heteroatoms. The molecule has 5 rings (SSSR count). The van der Waals surface area contributed by atoms with Gasteiger partial charge in [0.1, 0.15) is 10.6 Å². The maximum Gasteiger partial charge on any atom is 0.257 e. The Balaban J connectivity index is 1.25. The number of rotatable bonds is 7. The number of fused-ring (bicyclic) bond motifs is 1. The number of benzene rings is 3. The third-order valence-corrected chi connectivity index (χ3v) is 8.34. The van der Waals surface area contributed by atoms with Crippen molar-refractivity contribution >= 4 is 32.7 Å². The molecule has 0 radical (unpaired) electrons. The van der Waals surface area contributed by atoms with Gasteiger partial charge in [-0.05, 0) is 36.4 Å². The Hall–Kier alpha value is -4.42. The van der Waals surface area contributed by atoms with Gasteiger partial charge in [0.25, 0.3) is 11.8 Å². The number of halogens is 2. The highest BCUT2D eigenvalue weighted by molar-refractivity contribution is 7.89. The minimum absolute atomic E-state index is 0.0547. The molecule has 0 atom stereocenters. The predicted octanol–water partition coefficient (Wildman–Crippen LogP) is 3.60. The number of sulfonamides is 1. The number of nitrogens with zero attached hydrogens (tertiary/aromatic N) is 3. The van der Waals surface area contributed by atoms with Crippen LogP contribution in [0.15, 0.2) is 77.8 Å². The first-order chi connectivity index (χ1) is 19.7. The molecule has 212 valence electrons. The number of carbonyl (C=O) groups is 2. The molecule has 1 aromatic heterocycles. The van der Waals surface area contributed by atoms with E-state index in [1.54, 1.807) is 41.3 Å². The Kier molecular flexibility index (Phi) is 7.95. The first-order valence-corrected chi connectivity index (χ1v) is 14.2. The van der Waals surface area contributed by atoms with E-state index in [0.717, 1.165) is 6.07 Å². The van der Waals surface area contributed by atoms with Gasteiger partial charge in [0, 0.05) is 55.4 Å². The maximum atomic E-state index is 14.1. The summed E-state index contributed by atoms with van der Waals surface area (Å²) in [5.74, 6) is -2.91. The minimum Gasteiger partial charge on any atom is -0.496 e. The van der Waals surface area contributed by atoms with E-state index in [9.17, 15) is 26.8 Å². The number of para-hydroxylation sites is 1. The van der Waals surface area contributed by atoms with Gasteiger partial charge in [0.15, 0.2) is 11.6 Å². The molecule has 1 aliphatic heterocycles. The molecule has 3 aromatic carbocycles. The molecule has 2 heterocycles. The predicted molar refractivity (Wildman–Crippen MR) is 147 cm³/mol. The second-order valence-corrected chi connectivity index (χ2v) is 11.1. The van der Waals surface area contributed by atoms with Crippen LogP contribution in [0.2, 0.25) is 0 Å².